The molecule has 0 saturated carbocycles. The van der Waals surface area contributed by atoms with Gasteiger partial charge in [0.2, 0.25) is 10.0 Å². The van der Waals surface area contributed by atoms with Crippen LogP contribution in [0.25, 0.3) is 0 Å². The van der Waals surface area contributed by atoms with Crippen molar-refractivity contribution in [2.45, 2.75) is 4.90 Å². The standard InChI is InChI=1S/C21H26N4O5S/c1-23(2)11-12-25-18-13-16(7-10-19(18)30-14-20(25)26)22-21(27)15-5-8-17(9-6-15)31(28,29)24(3)4/h5-10,13H,11-12,14H2,1-4H3,(H,22,27). The van der Waals surface area contributed by atoms with Gasteiger partial charge in [0.05, 0.1) is 10.6 Å². The van der Waals surface area contributed by atoms with Crippen molar-refractivity contribution >= 4 is 33.2 Å². The number of sulfonamides is 1. The third-order valence-electron chi connectivity index (χ3n) is 4.83. The van der Waals surface area contributed by atoms with Crippen LogP contribution < -0.4 is 15.0 Å². The van der Waals surface area contributed by atoms with E-state index >= 15 is 0 Å². The summed E-state index contributed by atoms with van der Waals surface area (Å²) in [5.74, 6) is 0.0433. The van der Waals surface area contributed by atoms with Crippen LogP contribution >= 0.6 is 0 Å². The summed E-state index contributed by atoms with van der Waals surface area (Å²) >= 11 is 0. The zero-order valence-electron chi connectivity index (χ0n) is 18.0. The number of nitrogens with zero attached hydrogens (tertiary/aromatic N) is 3. The average Bonchev–Trinajstić information content (AvgIpc) is 2.72. The lowest BCUT2D eigenvalue weighted by Crippen LogP contribution is -2.42. The van der Waals surface area contributed by atoms with Gasteiger partial charge < -0.3 is 19.9 Å². The van der Waals surface area contributed by atoms with E-state index in [4.69, 9.17) is 4.74 Å². The van der Waals surface area contributed by atoms with Gasteiger partial charge >= 0.3 is 0 Å². The molecule has 1 heterocycles. The molecule has 3 rings (SSSR count). The summed E-state index contributed by atoms with van der Waals surface area (Å²) in [5, 5.41) is 2.79. The smallest absolute Gasteiger partial charge is 0.265 e. The first-order chi connectivity index (χ1) is 14.6. The van der Waals surface area contributed by atoms with Crippen LogP contribution in [-0.4, -0.2) is 77.3 Å². The molecule has 166 valence electrons. The summed E-state index contributed by atoms with van der Waals surface area (Å²) in [6, 6.07) is 10.8. The van der Waals surface area contributed by atoms with Gasteiger partial charge in [-0.25, -0.2) is 12.7 Å². The molecule has 2 amide bonds. The molecule has 0 bridgehead atoms. The molecule has 0 unspecified atom stereocenters. The van der Waals surface area contributed by atoms with Gasteiger partial charge in [-0.3, -0.25) is 9.59 Å². The van der Waals surface area contributed by atoms with Crippen LogP contribution in [0.4, 0.5) is 11.4 Å². The number of carbonyl (C=O) groups is 2. The van der Waals surface area contributed by atoms with Crippen molar-refractivity contribution in [1.82, 2.24) is 9.21 Å². The predicted molar refractivity (Wildman–Crippen MR) is 118 cm³/mol. The lowest BCUT2D eigenvalue weighted by Gasteiger charge is -2.30. The molecule has 0 spiro atoms. The van der Waals surface area contributed by atoms with E-state index in [0.717, 1.165) is 4.31 Å². The summed E-state index contributed by atoms with van der Waals surface area (Å²) in [7, 11) is 3.18. The fourth-order valence-corrected chi connectivity index (χ4v) is 3.92. The highest BCUT2D eigenvalue weighted by molar-refractivity contribution is 7.89. The number of likely N-dealkylation sites (N-methyl/N-ethyl adjacent to an activating group) is 1. The molecule has 1 N–H and O–H groups in total. The zero-order valence-corrected chi connectivity index (χ0v) is 18.8. The van der Waals surface area contributed by atoms with Crippen LogP contribution in [0.2, 0.25) is 0 Å². The van der Waals surface area contributed by atoms with Crippen LogP contribution in [0.15, 0.2) is 47.4 Å². The maximum Gasteiger partial charge on any atom is 0.265 e. The molecule has 0 saturated heterocycles. The predicted octanol–water partition coefficient (Wildman–Crippen LogP) is 1.48. The number of carbonyl (C=O) groups excluding carboxylic acids is 2. The van der Waals surface area contributed by atoms with Gasteiger partial charge in [-0.05, 0) is 56.6 Å². The Bertz CT molecular complexity index is 1080. The Morgan fingerprint density at radius 3 is 2.39 bits per heavy atom. The number of ether oxygens (including phenoxy) is 1. The minimum absolute atomic E-state index is 0.0195. The second-order valence-electron chi connectivity index (χ2n) is 7.59. The first-order valence-corrected chi connectivity index (χ1v) is 11.1. The molecule has 0 radical (unpaired) electrons. The molecule has 10 heteroatoms. The summed E-state index contributed by atoms with van der Waals surface area (Å²) in [6.07, 6.45) is 0. The lowest BCUT2D eigenvalue weighted by atomic mass is 10.1. The van der Waals surface area contributed by atoms with Crippen molar-refractivity contribution in [3.8, 4) is 5.75 Å². The molecule has 1 aliphatic heterocycles. The van der Waals surface area contributed by atoms with E-state index < -0.39 is 15.9 Å². The summed E-state index contributed by atoms with van der Waals surface area (Å²) < 4.78 is 31.0. The van der Waals surface area contributed by atoms with E-state index in [9.17, 15) is 18.0 Å². The number of hydrogen-bond acceptors (Lipinski definition) is 6. The highest BCUT2D eigenvalue weighted by Gasteiger charge is 2.26. The topological polar surface area (TPSA) is 99.3 Å². The van der Waals surface area contributed by atoms with Crippen LogP contribution in [0.1, 0.15) is 10.4 Å². The molecular formula is C21H26N4O5S. The maximum absolute atomic E-state index is 12.6. The van der Waals surface area contributed by atoms with Crippen molar-refractivity contribution < 1.29 is 22.7 Å². The van der Waals surface area contributed by atoms with E-state index in [1.54, 1.807) is 23.1 Å². The van der Waals surface area contributed by atoms with Crippen molar-refractivity contribution in [2.24, 2.45) is 0 Å². The van der Waals surface area contributed by atoms with Crippen LogP contribution in [-0.2, 0) is 14.8 Å². The van der Waals surface area contributed by atoms with Crippen LogP contribution in [0, 0.1) is 0 Å². The number of rotatable bonds is 7. The maximum atomic E-state index is 12.6. The third kappa shape index (κ3) is 5.04. The normalized spacial score (nSPS) is 13.9. The molecule has 0 atom stereocenters. The van der Waals surface area contributed by atoms with Crippen LogP contribution in [0.3, 0.4) is 0 Å². The SMILES string of the molecule is CN(C)CCN1C(=O)COc2ccc(NC(=O)c3ccc(S(=O)(=O)N(C)C)cc3)cc21. The molecule has 0 aliphatic carbocycles. The average molecular weight is 447 g/mol. The Morgan fingerprint density at radius 2 is 1.77 bits per heavy atom. The van der Waals surface area contributed by atoms with Crippen molar-refractivity contribution in [1.29, 1.82) is 0 Å². The number of fused-ring (bicyclic) bond motifs is 1. The molecule has 2 aromatic carbocycles. The number of nitrogens with one attached hydrogen (secondary N) is 1. The number of anilines is 2. The number of benzene rings is 2. The largest absolute Gasteiger partial charge is 0.482 e. The van der Waals surface area contributed by atoms with Gasteiger partial charge in [0.1, 0.15) is 5.75 Å². The molecule has 0 fully saturated rings. The molecule has 1 aliphatic rings. The van der Waals surface area contributed by atoms with Crippen molar-refractivity contribution in [3.05, 3.63) is 48.0 Å². The fourth-order valence-electron chi connectivity index (χ4n) is 3.02. The van der Waals surface area contributed by atoms with Gasteiger partial charge in [0.15, 0.2) is 6.61 Å². The molecule has 0 aromatic heterocycles. The second kappa shape index (κ2) is 9.04. The highest BCUT2D eigenvalue weighted by Crippen LogP contribution is 2.34. The second-order valence-corrected chi connectivity index (χ2v) is 9.74. The van der Waals surface area contributed by atoms with Crippen molar-refractivity contribution in [2.75, 3.05) is 58.1 Å². The quantitative estimate of drug-likeness (QED) is 0.692. The van der Waals surface area contributed by atoms with E-state index in [0.29, 0.717) is 35.8 Å². The lowest BCUT2D eigenvalue weighted by molar-refractivity contribution is -0.121. The van der Waals surface area contributed by atoms with E-state index in [1.165, 1.54) is 38.4 Å². The first kappa shape index (κ1) is 22.7. The summed E-state index contributed by atoms with van der Waals surface area (Å²) in [5.41, 5.74) is 1.41. The Hall–Kier alpha value is -2.95. The Labute approximate surface area is 182 Å². The number of hydrogen-bond donors (Lipinski definition) is 1. The molecule has 9 nitrogen and oxygen atoms in total. The minimum atomic E-state index is -3.56. The van der Waals surface area contributed by atoms with Crippen molar-refractivity contribution in [3.63, 3.8) is 0 Å². The first-order valence-electron chi connectivity index (χ1n) is 9.65. The van der Waals surface area contributed by atoms with Crippen LogP contribution in [0.5, 0.6) is 5.75 Å². The fraction of sp³-hybridized carbons (Fsp3) is 0.333. The van der Waals surface area contributed by atoms with Gasteiger partial charge in [-0.1, -0.05) is 0 Å². The summed E-state index contributed by atoms with van der Waals surface area (Å²) in [4.78, 5) is 28.7. The van der Waals surface area contributed by atoms with Gasteiger partial charge in [-0.2, -0.15) is 0 Å². The third-order valence-corrected chi connectivity index (χ3v) is 6.66. The van der Waals surface area contributed by atoms with E-state index in [2.05, 4.69) is 5.32 Å². The van der Waals surface area contributed by atoms with E-state index in [-0.39, 0.29) is 17.4 Å². The van der Waals surface area contributed by atoms with E-state index in [1.807, 2.05) is 19.0 Å². The van der Waals surface area contributed by atoms with Gasteiger partial charge in [-0.15, -0.1) is 0 Å². The molecule has 31 heavy (non-hydrogen) atoms. The monoisotopic (exact) mass is 446 g/mol. The van der Waals surface area contributed by atoms with Gasteiger partial charge in [0.25, 0.3) is 11.8 Å². The Kier molecular flexibility index (Phi) is 6.63. The Morgan fingerprint density at radius 1 is 1.10 bits per heavy atom. The molecule has 2 aromatic rings. The number of amides is 2. The molecular weight excluding hydrogens is 420 g/mol. The minimum Gasteiger partial charge on any atom is -0.482 e. The van der Waals surface area contributed by atoms with Gasteiger partial charge in [0, 0.05) is 38.4 Å². The zero-order chi connectivity index (χ0) is 22.8. The summed E-state index contributed by atoms with van der Waals surface area (Å²) in [6.45, 7) is 1.17. The Balaban J connectivity index is 1.79. The highest BCUT2D eigenvalue weighted by atomic mass is 32.2.